The summed E-state index contributed by atoms with van der Waals surface area (Å²) < 4.78 is 0. The predicted molar refractivity (Wildman–Crippen MR) is 61.1 cm³/mol. The smallest absolute Gasteiger partial charge is 0.308 e. The number of aryl methyl sites for hydroxylation is 1. The second-order valence-electron chi connectivity index (χ2n) is 4.08. The van der Waals surface area contributed by atoms with Crippen LogP contribution in [0.4, 0.5) is 10.5 Å². The van der Waals surface area contributed by atoms with Gasteiger partial charge in [-0.05, 0) is 31.9 Å². The van der Waals surface area contributed by atoms with E-state index < -0.39 is 6.03 Å². The number of rotatable bonds is 2. The molecule has 16 heavy (non-hydrogen) atoms. The normalized spacial score (nSPS) is 14.3. The minimum atomic E-state index is -0.458. The first-order chi connectivity index (χ1) is 7.65. The molecular weight excluding hydrogens is 204 g/mol. The zero-order valence-electron chi connectivity index (χ0n) is 9.12. The van der Waals surface area contributed by atoms with Gasteiger partial charge >= 0.3 is 6.03 Å². The zero-order chi connectivity index (χ0) is 11.5. The first kappa shape index (κ1) is 10.7. The van der Waals surface area contributed by atoms with Crippen LogP contribution in [0.5, 0.6) is 0 Å². The summed E-state index contributed by atoms with van der Waals surface area (Å²) in [6.45, 7) is 1.97. The van der Waals surface area contributed by atoms with Crippen LogP contribution in [0.15, 0.2) is 24.3 Å². The van der Waals surface area contributed by atoms with Crippen LogP contribution in [0, 0.1) is 12.8 Å². The van der Waals surface area contributed by atoms with E-state index in [1.165, 1.54) is 0 Å². The molecule has 0 bridgehead atoms. The molecule has 0 saturated heterocycles. The van der Waals surface area contributed by atoms with E-state index in [-0.39, 0.29) is 11.8 Å². The van der Waals surface area contributed by atoms with Gasteiger partial charge in [-0.3, -0.25) is 10.1 Å². The SMILES string of the molecule is Cc1ccc(NC(=O)NC(=O)C2CC2)cc1. The summed E-state index contributed by atoms with van der Waals surface area (Å²) >= 11 is 0. The molecule has 0 spiro atoms. The number of urea groups is 1. The van der Waals surface area contributed by atoms with Gasteiger partial charge in [0.05, 0.1) is 0 Å². The lowest BCUT2D eigenvalue weighted by Gasteiger charge is -2.06. The van der Waals surface area contributed by atoms with Gasteiger partial charge in [-0.2, -0.15) is 0 Å². The van der Waals surface area contributed by atoms with E-state index in [0.717, 1.165) is 18.4 Å². The van der Waals surface area contributed by atoms with Crippen molar-refractivity contribution in [1.82, 2.24) is 5.32 Å². The number of hydrogen-bond donors (Lipinski definition) is 2. The number of imide groups is 1. The lowest BCUT2D eigenvalue weighted by atomic mass is 10.2. The number of anilines is 1. The molecule has 84 valence electrons. The molecule has 1 fully saturated rings. The van der Waals surface area contributed by atoms with Gasteiger partial charge < -0.3 is 5.32 Å². The topological polar surface area (TPSA) is 58.2 Å². The highest BCUT2D eigenvalue weighted by atomic mass is 16.2. The summed E-state index contributed by atoms with van der Waals surface area (Å²) in [6, 6.07) is 6.95. The maximum Gasteiger partial charge on any atom is 0.325 e. The predicted octanol–water partition coefficient (Wildman–Crippen LogP) is 2.05. The fourth-order valence-electron chi connectivity index (χ4n) is 1.36. The van der Waals surface area contributed by atoms with E-state index in [1.54, 1.807) is 12.1 Å². The van der Waals surface area contributed by atoms with Gasteiger partial charge in [0.15, 0.2) is 0 Å². The Labute approximate surface area is 94.0 Å². The van der Waals surface area contributed by atoms with Crippen molar-refractivity contribution < 1.29 is 9.59 Å². The largest absolute Gasteiger partial charge is 0.325 e. The lowest BCUT2D eigenvalue weighted by molar-refractivity contribution is -0.121. The van der Waals surface area contributed by atoms with Crippen LogP contribution in [0.3, 0.4) is 0 Å². The van der Waals surface area contributed by atoms with Crippen molar-refractivity contribution >= 4 is 17.6 Å². The third-order valence-electron chi connectivity index (χ3n) is 2.49. The fraction of sp³-hybridized carbons (Fsp3) is 0.333. The Bertz CT molecular complexity index is 408. The molecule has 0 unspecified atom stereocenters. The minimum absolute atomic E-state index is 0.0452. The Morgan fingerprint density at radius 1 is 1.19 bits per heavy atom. The molecule has 0 aliphatic heterocycles. The van der Waals surface area contributed by atoms with Gasteiger partial charge in [0.1, 0.15) is 0 Å². The maximum atomic E-state index is 11.4. The van der Waals surface area contributed by atoms with Crippen LogP contribution in [-0.4, -0.2) is 11.9 Å². The Hall–Kier alpha value is -1.84. The Morgan fingerprint density at radius 2 is 1.81 bits per heavy atom. The van der Waals surface area contributed by atoms with E-state index in [9.17, 15) is 9.59 Å². The number of carbonyl (C=O) groups excluding carboxylic acids is 2. The number of hydrogen-bond acceptors (Lipinski definition) is 2. The van der Waals surface area contributed by atoms with Crippen LogP contribution in [0.1, 0.15) is 18.4 Å². The number of carbonyl (C=O) groups is 2. The van der Waals surface area contributed by atoms with E-state index in [2.05, 4.69) is 10.6 Å². The maximum absolute atomic E-state index is 11.4. The van der Waals surface area contributed by atoms with Crippen LogP contribution < -0.4 is 10.6 Å². The van der Waals surface area contributed by atoms with Crippen molar-refractivity contribution in [2.75, 3.05) is 5.32 Å². The second kappa shape index (κ2) is 4.35. The summed E-state index contributed by atoms with van der Waals surface area (Å²) in [5, 5.41) is 4.93. The summed E-state index contributed by atoms with van der Waals surface area (Å²) in [5.41, 5.74) is 1.81. The van der Waals surface area contributed by atoms with Crippen LogP contribution >= 0.6 is 0 Å². The summed E-state index contributed by atoms with van der Waals surface area (Å²) in [6.07, 6.45) is 1.79. The first-order valence-electron chi connectivity index (χ1n) is 5.33. The quantitative estimate of drug-likeness (QED) is 0.798. The molecule has 4 heteroatoms. The minimum Gasteiger partial charge on any atom is -0.308 e. The number of nitrogens with one attached hydrogen (secondary N) is 2. The number of benzene rings is 1. The monoisotopic (exact) mass is 218 g/mol. The molecule has 0 heterocycles. The molecule has 4 nitrogen and oxygen atoms in total. The Balaban J connectivity index is 1.86. The van der Waals surface area contributed by atoms with E-state index in [0.29, 0.717) is 5.69 Å². The second-order valence-corrected chi connectivity index (χ2v) is 4.08. The third kappa shape index (κ3) is 2.82. The molecule has 3 amide bonds. The van der Waals surface area contributed by atoms with Crippen molar-refractivity contribution in [2.45, 2.75) is 19.8 Å². The zero-order valence-corrected chi connectivity index (χ0v) is 9.12. The Morgan fingerprint density at radius 3 is 2.38 bits per heavy atom. The van der Waals surface area contributed by atoms with Gasteiger partial charge in [-0.15, -0.1) is 0 Å². The van der Waals surface area contributed by atoms with E-state index in [4.69, 9.17) is 0 Å². The molecule has 0 atom stereocenters. The van der Waals surface area contributed by atoms with Gasteiger partial charge in [-0.25, -0.2) is 4.79 Å². The van der Waals surface area contributed by atoms with Gasteiger partial charge in [0, 0.05) is 11.6 Å². The van der Waals surface area contributed by atoms with Crippen LogP contribution in [0.25, 0.3) is 0 Å². The lowest BCUT2D eigenvalue weighted by Crippen LogP contribution is -2.35. The van der Waals surface area contributed by atoms with E-state index >= 15 is 0 Å². The summed E-state index contributed by atoms with van der Waals surface area (Å²) in [4.78, 5) is 22.7. The Kier molecular flexibility index (Phi) is 2.90. The standard InChI is InChI=1S/C12H14N2O2/c1-8-2-6-10(7-3-8)13-12(16)14-11(15)9-4-5-9/h2-3,6-7,9H,4-5H2,1H3,(H2,13,14,15,16). The average molecular weight is 218 g/mol. The molecular formula is C12H14N2O2. The van der Waals surface area contributed by atoms with Crippen LogP contribution in [0.2, 0.25) is 0 Å². The molecule has 1 aliphatic rings. The van der Waals surface area contributed by atoms with Crippen molar-refractivity contribution in [3.63, 3.8) is 0 Å². The van der Waals surface area contributed by atoms with Crippen molar-refractivity contribution in [3.05, 3.63) is 29.8 Å². The van der Waals surface area contributed by atoms with E-state index in [1.807, 2.05) is 19.1 Å². The first-order valence-corrected chi connectivity index (χ1v) is 5.33. The molecule has 1 aromatic carbocycles. The average Bonchev–Trinajstić information content (AvgIpc) is 3.04. The fourth-order valence-corrected chi connectivity index (χ4v) is 1.36. The summed E-state index contributed by atoms with van der Waals surface area (Å²) in [5.74, 6) is -0.131. The van der Waals surface area contributed by atoms with Crippen molar-refractivity contribution in [3.8, 4) is 0 Å². The highest BCUT2D eigenvalue weighted by Crippen LogP contribution is 2.28. The summed E-state index contributed by atoms with van der Waals surface area (Å²) in [7, 11) is 0. The highest BCUT2D eigenvalue weighted by Gasteiger charge is 2.30. The molecule has 1 aliphatic carbocycles. The van der Waals surface area contributed by atoms with Gasteiger partial charge in [0.2, 0.25) is 5.91 Å². The van der Waals surface area contributed by atoms with Gasteiger partial charge in [0.25, 0.3) is 0 Å². The molecule has 1 saturated carbocycles. The molecule has 0 radical (unpaired) electrons. The molecule has 2 N–H and O–H groups in total. The van der Waals surface area contributed by atoms with Gasteiger partial charge in [-0.1, -0.05) is 17.7 Å². The highest BCUT2D eigenvalue weighted by molar-refractivity contribution is 6.02. The van der Waals surface area contributed by atoms with Crippen molar-refractivity contribution in [1.29, 1.82) is 0 Å². The molecule has 0 aromatic heterocycles. The molecule has 2 rings (SSSR count). The molecule has 1 aromatic rings. The van der Waals surface area contributed by atoms with Crippen molar-refractivity contribution in [2.24, 2.45) is 5.92 Å². The number of amides is 3. The van der Waals surface area contributed by atoms with Crippen LogP contribution in [-0.2, 0) is 4.79 Å². The third-order valence-corrected chi connectivity index (χ3v) is 2.49.